The van der Waals surface area contributed by atoms with Gasteiger partial charge in [-0.25, -0.2) is 24.4 Å². The number of aromatic carboxylic acids is 1. The van der Waals surface area contributed by atoms with Gasteiger partial charge in [-0.05, 0) is 48.0 Å². The predicted octanol–water partition coefficient (Wildman–Crippen LogP) is 2.13. The van der Waals surface area contributed by atoms with Gasteiger partial charge < -0.3 is 15.6 Å². The molecule has 2 aromatic rings. The molecule has 8 nitrogen and oxygen atoms in total. The number of carboxylic acids is 1. The van der Waals surface area contributed by atoms with Crippen LogP contribution in [0.2, 0.25) is 0 Å². The first-order valence-electron chi connectivity index (χ1n) is 6.60. The molecule has 2 aromatic heterocycles. The Balaban J connectivity index is 0.000000174. The predicted molar refractivity (Wildman–Crippen MR) is 86.8 cm³/mol. The van der Waals surface area contributed by atoms with Gasteiger partial charge in [0.05, 0.1) is 16.9 Å². The van der Waals surface area contributed by atoms with E-state index in [2.05, 4.69) is 30.6 Å². The van der Waals surface area contributed by atoms with Crippen molar-refractivity contribution in [3.05, 3.63) is 51.0 Å². The van der Waals surface area contributed by atoms with Gasteiger partial charge in [-0.15, -0.1) is 0 Å². The van der Waals surface area contributed by atoms with E-state index in [-0.39, 0.29) is 22.6 Å². The van der Waals surface area contributed by atoms with E-state index >= 15 is 0 Å². The summed E-state index contributed by atoms with van der Waals surface area (Å²) in [4.78, 5) is 40.0. The number of carbonyl (C=O) groups excluding carboxylic acids is 2. The van der Waals surface area contributed by atoms with E-state index in [1.165, 1.54) is 6.07 Å². The summed E-state index contributed by atoms with van der Waals surface area (Å²) in [6.07, 6.45) is 0. The van der Waals surface area contributed by atoms with Gasteiger partial charge in [0.15, 0.2) is 11.4 Å². The Bertz CT molecular complexity index is 866. The summed E-state index contributed by atoms with van der Waals surface area (Å²) in [5.74, 6) is -2.37. The molecule has 124 valence electrons. The second kappa shape index (κ2) is 6.75. The minimum atomic E-state index is -1.11. The summed E-state index contributed by atoms with van der Waals surface area (Å²) in [6.45, 7) is 3.45. The maximum atomic E-state index is 10.9. The van der Waals surface area contributed by atoms with Crippen molar-refractivity contribution >= 4 is 39.5 Å². The SMILES string of the molecule is Cc1ccc2c(n1)C(=O)OC2=O.Cc1nc(C(=O)O)c(N)cc1Br. The molecule has 3 N–H and O–H groups in total. The number of anilines is 1. The molecule has 0 fully saturated rings. The van der Waals surface area contributed by atoms with Crippen molar-refractivity contribution in [1.29, 1.82) is 0 Å². The lowest BCUT2D eigenvalue weighted by molar-refractivity contribution is 0.0440. The van der Waals surface area contributed by atoms with Crippen LogP contribution in [0.15, 0.2) is 22.7 Å². The Morgan fingerprint density at radius 1 is 1.21 bits per heavy atom. The van der Waals surface area contributed by atoms with Crippen LogP contribution in [0.4, 0.5) is 5.69 Å². The number of nitrogens with zero attached hydrogens (tertiary/aromatic N) is 2. The Hall–Kier alpha value is -2.81. The normalized spacial score (nSPS) is 12.1. The molecule has 1 aliphatic rings. The number of carbonyl (C=O) groups is 3. The van der Waals surface area contributed by atoms with Gasteiger partial charge in [0.2, 0.25) is 0 Å². The average Bonchev–Trinajstić information content (AvgIpc) is 2.77. The Morgan fingerprint density at radius 3 is 2.50 bits per heavy atom. The number of aromatic nitrogens is 2. The lowest BCUT2D eigenvalue weighted by atomic mass is 10.2. The zero-order valence-electron chi connectivity index (χ0n) is 12.7. The number of nitrogen functional groups attached to an aromatic ring is 1. The maximum Gasteiger partial charge on any atom is 0.365 e. The number of pyridine rings is 2. The quantitative estimate of drug-likeness (QED) is 0.555. The van der Waals surface area contributed by atoms with Crippen molar-refractivity contribution in [2.24, 2.45) is 0 Å². The van der Waals surface area contributed by atoms with Crippen molar-refractivity contribution in [3.8, 4) is 0 Å². The molecule has 0 saturated heterocycles. The standard InChI is InChI=1S/C8H5NO3.C7H7BrN2O2/c1-4-2-3-5-6(9-4)8(11)12-7(5)10;1-3-4(8)2-5(9)6(10-3)7(11)12/h2-3H,1H3;2H,9H2,1H3,(H,11,12). The van der Waals surface area contributed by atoms with Crippen molar-refractivity contribution in [2.45, 2.75) is 13.8 Å². The highest BCUT2D eigenvalue weighted by atomic mass is 79.9. The molecule has 0 unspecified atom stereocenters. The zero-order chi connectivity index (χ0) is 18.0. The lowest BCUT2D eigenvalue weighted by Gasteiger charge is -2.02. The third-order valence-corrected chi connectivity index (χ3v) is 3.82. The molecular formula is C15H12BrN3O5. The number of carboxylic acid groups (broad SMARTS) is 1. The number of hydrogen-bond donors (Lipinski definition) is 2. The van der Waals surface area contributed by atoms with Crippen LogP contribution in [0.1, 0.15) is 42.7 Å². The summed E-state index contributed by atoms with van der Waals surface area (Å²) < 4.78 is 5.06. The molecule has 0 aromatic carbocycles. The van der Waals surface area contributed by atoms with E-state index in [1.807, 2.05) is 0 Å². The zero-order valence-corrected chi connectivity index (χ0v) is 14.2. The third-order valence-electron chi connectivity index (χ3n) is 3.02. The molecule has 0 spiro atoms. The van der Waals surface area contributed by atoms with Crippen molar-refractivity contribution in [2.75, 3.05) is 5.73 Å². The molecule has 0 atom stereocenters. The van der Waals surface area contributed by atoms with Gasteiger partial charge in [-0.1, -0.05) is 0 Å². The molecule has 0 amide bonds. The number of esters is 2. The molecule has 0 saturated carbocycles. The first-order chi connectivity index (χ1) is 11.2. The van der Waals surface area contributed by atoms with Gasteiger partial charge in [0.1, 0.15) is 0 Å². The average molecular weight is 394 g/mol. The molecule has 0 radical (unpaired) electrons. The molecule has 3 rings (SSSR count). The van der Waals surface area contributed by atoms with Crippen LogP contribution in [0.3, 0.4) is 0 Å². The number of nitrogens with two attached hydrogens (primary N) is 1. The van der Waals surface area contributed by atoms with E-state index in [0.29, 0.717) is 15.9 Å². The van der Waals surface area contributed by atoms with Crippen molar-refractivity contribution in [1.82, 2.24) is 9.97 Å². The summed E-state index contributed by atoms with van der Waals surface area (Å²) >= 11 is 3.19. The third kappa shape index (κ3) is 3.57. The molecule has 1 aliphatic heterocycles. The fraction of sp³-hybridized carbons (Fsp3) is 0.133. The van der Waals surface area contributed by atoms with Crippen LogP contribution in [0.25, 0.3) is 0 Å². The van der Waals surface area contributed by atoms with E-state index in [1.54, 1.807) is 26.0 Å². The van der Waals surface area contributed by atoms with Crippen LogP contribution in [-0.2, 0) is 4.74 Å². The molecule has 0 aliphatic carbocycles. The van der Waals surface area contributed by atoms with Crippen LogP contribution < -0.4 is 5.73 Å². The summed E-state index contributed by atoms with van der Waals surface area (Å²) in [6, 6.07) is 4.75. The summed E-state index contributed by atoms with van der Waals surface area (Å²) in [5, 5.41) is 8.62. The number of halogens is 1. The maximum absolute atomic E-state index is 10.9. The highest BCUT2D eigenvalue weighted by Gasteiger charge is 2.30. The monoisotopic (exact) mass is 393 g/mol. The highest BCUT2D eigenvalue weighted by Crippen LogP contribution is 2.20. The Morgan fingerprint density at radius 2 is 1.88 bits per heavy atom. The van der Waals surface area contributed by atoms with Crippen molar-refractivity contribution < 1.29 is 24.2 Å². The van der Waals surface area contributed by atoms with E-state index in [9.17, 15) is 14.4 Å². The van der Waals surface area contributed by atoms with Gasteiger partial charge in [0.25, 0.3) is 0 Å². The van der Waals surface area contributed by atoms with Crippen LogP contribution in [-0.4, -0.2) is 33.0 Å². The number of aryl methyl sites for hydroxylation is 2. The molecular weight excluding hydrogens is 382 g/mol. The van der Waals surface area contributed by atoms with Crippen LogP contribution >= 0.6 is 15.9 Å². The van der Waals surface area contributed by atoms with Gasteiger partial charge in [-0.2, -0.15) is 0 Å². The number of cyclic esters (lactones) is 2. The highest BCUT2D eigenvalue weighted by molar-refractivity contribution is 9.10. The Labute approximate surface area is 144 Å². The van der Waals surface area contributed by atoms with Crippen LogP contribution in [0.5, 0.6) is 0 Å². The molecule has 3 heterocycles. The largest absolute Gasteiger partial charge is 0.476 e. The van der Waals surface area contributed by atoms with E-state index in [0.717, 1.165) is 0 Å². The van der Waals surface area contributed by atoms with Gasteiger partial charge in [0, 0.05) is 10.2 Å². The second-order valence-corrected chi connectivity index (χ2v) is 5.68. The lowest BCUT2D eigenvalue weighted by Crippen LogP contribution is -2.06. The minimum absolute atomic E-state index is 0.101. The fourth-order valence-corrected chi connectivity index (χ4v) is 2.17. The van der Waals surface area contributed by atoms with E-state index in [4.69, 9.17) is 10.8 Å². The number of hydrogen-bond acceptors (Lipinski definition) is 7. The van der Waals surface area contributed by atoms with Gasteiger partial charge >= 0.3 is 17.9 Å². The molecule has 9 heteroatoms. The second-order valence-electron chi connectivity index (χ2n) is 4.82. The number of ether oxygens (including phenoxy) is 1. The molecule has 0 bridgehead atoms. The minimum Gasteiger partial charge on any atom is -0.476 e. The van der Waals surface area contributed by atoms with Gasteiger partial charge in [-0.3, -0.25) is 0 Å². The first kappa shape index (κ1) is 17.5. The van der Waals surface area contributed by atoms with Crippen molar-refractivity contribution in [3.63, 3.8) is 0 Å². The van der Waals surface area contributed by atoms with Crippen LogP contribution in [0, 0.1) is 13.8 Å². The summed E-state index contributed by atoms with van der Waals surface area (Å²) in [5.41, 5.74) is 7.17. The topological polar surface area (TPSA) is 132 Å². The summed E-state index contributed by atoms with van der Waals surface area (Å²) in [7, 11) is 0. The number of rotatable bonds is 1. The number of fused-ring (bicyclic) bond motifs is 1. The molecule has 24 heavy (non-hydrogen) atoms. The van der Waals surface area contributed by atoms with E-state index < -0.39 is 17.9 Å². The Kier molecular flexibility index (Phi) is 4.93. The fourth-order valence-electron chi connectivity index (χ4n) is 1.83. The first-order valence-corrected chi connectivity index (χ1v) is 7.40. The smallest absolute Gasteiger partial charge is 0.365 e.